The average molecular weight is 538 g/mol. The molecular weight excluding hydrogens is 497 g/mol. The van der Waals surface area contributed by atoms with Crippen LogP contribution in [0.15, 0.2) is 23.3 Å². The Kier molecular flexibility index (Phi) is 6.95. The van der Waals surface area contributed by atoms with Crippen LogP contribution in [0.3, 0.4) is 0 Å². The summed E-state index contributed by atoms with van der Waals surface area (Å²) in [5.74, 6) is -0.323. The van der Waals surface area contributed by atoms with E-state index in [0.29, 0.717) is 36.9 Å². The Morgan fingerprint density at radius 2 is 2.08 bits per heavy atom. The van der Waals surface area contributed by atoms with E-state index in [1.807, 2.05) is 25.7 Å². The first-order chi connectivity index (χ1) is 17.4. The van der Waals surface area contributed by atoms with Crippen molar-refractivity contribution in [3.8, 4) is 0 Å². The number of carbonyl (C=O) groups is 2. The fourth-order valence-corrected chi connectivity index (χ4v) is 9.68. The molecule has 0 aromatic carbocycles. The van der Waals surface area contributed by atoms with Crippen LogP contribution in [0.2, 0.25) is 0 Å². The van der Waals surface area contributed by atoms with Gasteiger partial charge in [0, 0.05) is 30.1 Å². The van der Waals surface area contributed by atoms with Gasteiger partial charge in [0.15, 0.2) is 12.5 Å². The van der Waals surface area contributed by atoms with Gasteiger partial charge in [0.1, 0.15) is 11.7 Å². The van der Waals surface area contributed by atoms with Gasteiger partial charge in [-0.3, -0.25) is 9.69 Å². The molecular formula is C29H41ClFNO5. The number of carbonyl (C=O) groups excluding carboxylic acids is 1. The largest absolute Gasteiger partial charge is 0.481 e. The SMILES string of the molecule is C=C(Cl)CN1C[C@@H](C)O[C@@H](OCC23C[C@@H]4[C@H](C)CC[C@H]4C4(C=O)CC2C=C(C(C)C)[C@@]34C(=O)O)[C@H](F)C1. The van der Waals surface area contributed by atoms with Crippen LogP contribution >= 0.6 is 11.6 Å². The lowest BCUT2D eigenvalue weighted by Crippen LogP contribution is -2.63. The molecule has 1 N–H and O–H groups in total. The molecule has 4 aliphatic carbocycles. The molecule has 3 unspecified atom stereocenters. The van der Waals surface area contributed by atoms with Gasteiger partial charge >= 0.3 is 5.97 Å². The second-order valence-corrected chi connectivity index (χ2v) is 13.4. The van der Waals surface area contributed by atoms with Gasteiger partial charge in [-0.15, -0.1) is 0 Å². The van der Waals surface area contributed by atoms with E-state index in [1.54, 1.807) is 0 Å². The summed E-state index contributed by atoms with van der Waals surface area (Å²) in [4.78, 5) is 28.5. The average Bonchev–Trinajstić information content (AvgIpc) is 3.34. The van der Waals surface area contributed by atoms with Crippen molar-refractivity contribution in [2.75, 3.05) is 26.2 Å². The summed E-state index contributed by atoms with van der Waals surface area (Å²) in [6, 6.07) is 0. The molecule has 0 aromatic heterocycles. The maximum Gasteiger partial charge on any atom is 0.315 e. The summed E-state index contributed by atoms with van der Waals surface area (Å²) < 4.78 is 27.8. The molecule has 3 saturated carbocycles. The molecule has 6 nitrogen and oxygen atoms in total. The molecule has 5 aliphatic rings. The van der Waals surface area contributed by atoms with Gasteiger partial charge in [0.25, 0.3) is 0 Å². The van der Waals surface area contributed by atoms with Crippen LogP contribution in [0.25, 0.3) is 0 Å². The molecule has 0 aromatic rings. The number of aliphatic carboxylic acids is 1. The highest BCUT2D eigenvalue weighted by Crippen LogP contribution is 2.82. The third kappa shape index (κ3) is 3.66. The van der Waals surface area contributed by atoms with Gasteiger partial charge in [-0.2, -0.15) is 0 Å². The molecule has 1 aliphatic heterocycles. The standard InChI is InChI=1S/C29H41ClFNO5/c1-16(2)23-8-20-9-27(14-33)22-7-6-17(3)21(22)10-28(20,29(23,27)26(34)35)15-36-25-24(31)13-32(11-18(4)30)12-19(5)37-25/h8,14,16-17,19-22,24-25H,4,6-7,9-13,15H2,1-3,5H3,(H,34,35)/t17-,19-,20?,21-,22-,24-,25-,27?,28?,29+/m1/s1. The predicted molar refractivity (Wildman–Crippen MR) is 139 cm³/mol. The predicted octanol–water partition coefficient (Wildman–Crippen LogP) is 5.07. The Bertz CT molecular complexity index is 1000. The van der Waals surface area contributed by atoms with E-state index >= 15 is 4.39 Å². The number of halogens is 2. The number of hydrogen-bond donors (Lipinski definition) is 1. The summed E-state index contributed by atoms with van der Waals surface area (Å²) in [6.45, 7) is 12.9. The number of allylic oxidation sites excluding steroid dienone is 1. The molecule has 4 bridgehead atoms. The van der Waals surface area contributed by atoms with Crippen molar-refractivity contribution >= 4 is 23.9 Å². The maximum absolute atomic E-state index is 15.5. The number of carboxylic acid groups (broad SMARTS) is 1. The van der Waals surface area contributed by atoms with E-state index < -0.39 is 34.7 Å². The maximum atomic E-state index is 15.5. The van der Waals surface area contributed by atoms with Crippen molar-refractivity contribution in [3.05, 3.63) is 23.3 Å². The minimum Gasteiger partial charge on any atom is -0.481 e. The molecule has 10 atom stereocenters. The molecule has 206 valence electrons. The summed E-state index contributed by atoms with van der Waals surface area (Å²) >= 11 is 5.99. The molecule has 0 amide bonds. The van der Waals surface area contributed by atoms with Gasteiger partial charge in [-0.1, -0.05) is 57.0 Å². The fourth-order valence-electron chi connectivity index (χ4n) is 9.51. The number of fused-ring (bicyclic) bond motifs is 2. The molecule has 37 heavy (non-hydrogen) atoms. The Morgan fingerprint density at radius 3 is 2.70 bits per heavy atom. The lowest BCUT2D eigenvalue weighted by atomic mass is 9.43. The van der Waals surface area contributed by atoms with Crippen molar-refractivity contribution in [3.63, 3.8) is 0 Å². The van der Waals surface area contributed by atoms with Crippen molar-refractivity contribution in [1.82, 2.24) is 4.90 Å². The zero-order valence-corrected chi connectivity index (χ0v) is 23.2. The summed E-state index contributed by atoms with van der Waals surface area (Å²) in [5, 5.41) is 11.5. The van der Waals surface area contributed by atoms with Gasteiger partial charge in [-0.05, 0) is 55.8 Å². The van der Waals surface area contributed by atoms with Crippen LogP contribution in [0.4, 0.5) is 4.39 Å². The first-order valence-electron chi connectivity index (χ1n) is 13.8. The van der Waals surface area contributed by atoms with Crippen molar-refractivity contribution in [1.29, 1.82) is 0 Å². The molecule has 1 saturated heterocycles. The number of nitrogens with zero attached hydrogens (tertiary/aromatic N) is 1. The van der Waals surface area contributed by atoms with Crippen LogP contribution in [0.5, 0.6) is 0 Å². The first kappa shape index (κ1) is 27.3. The highest BCUT2D eigenvalue weighted by molar-refractivity contribution is 6.29. The number of rotatable bonds is 8. The van der Waals surface area contributed by atoms with Crippen LogP contribution < -0.4 is 0 Å². The summed E-state index contributed by atoms with van der Waals surface area (Å²) in [6.07, 6.45) is 3.39. The normalized spacial score (nSPS) is 47.0. The number of alkyl halides is 1. The minimum absolute atomic E-state index is 0.0178. The third-order valence-corrected chi connectivity index (χ3v) is 10.8. The number of aldehydes is 1. The van der Waals surface area contributed by atoms with Crippen LogP contribution in [-0.4, -0.2) is 67.1 Å². The topological polar surface area (TPSA) is 76.1 Å². The summed E-state index contributed by atoms with van der Waals surface area (Å²) in [5.41, 5.74) is -2.25. The number of ether oxygens (including phenoxy) is 2. The highest BCUT2D eigenvalue weighted by Gasteiger charge is 2.84. The van der Waals surface area contributed by atoms with Gasteiger partial charge < -0.3 is 19.4 Å². The molecule has 1 heterocycles. The van der Waals surface area contributed by atoms with E-state index in [9.17, 15) is 14.7 Å². The monoisotopic (exact) mass is 537 g/mol. The lowest BCUT2D eigenvalue weighted by molar-refractivity contribution is -0.226. The van der Waals surface area contributed by atoms with E-state index in [-0.39, 0.29) is 42.9 Å². The quantitative estimate of drug-likeness (QED) is 0.344. The number of hydrogen-bond acceptors (Lipinski definition) is 5. The van der Waals surface area contributed by atoms with Crippen molar-refractivity contribution < 1.29 is 28.6 Å². The van der Waals surface area contributed by atoms with Gasteiger partial charge in [0.05, 0.1) is 18.1 Å². The van der Waals surface area contributed by atoms with E-state index in [0.717, 1.165) is 24.7 Å². The summed E-state index contributed by atoms with van der Waals surface area (Å²) in [7, 11) is 0. The van der Waals surface area contributed by atoms with E-state index in [1.165, 1.54) is 0 Å². The second-order valence-electron chi connectivity index (χ2n) is 12.8. The zero-order valence-electron chi connectivity index (χ0n) is 22.4. The van der Waals surface area contributed by atoms with Crippen LogP contribution in [-0.2, 0) is 19.1 Å². The smallest absolute Gasteiger partial charge is 0.315 e. The zero-order chi connectivity index (χ0) is 26.9. The Balaban J connectivity index is 1.52. The molecule has 0 spiro atoms. The Labute approximate surface area is 224 Å². The Morgan fingerprint density at radius 1 is 1.35 bits per heavy atom. The molecule has 0 radical (unpaired) electrons. The second kappa shape index (κ2) is 9.42. The Hall–Kier alpha value is -1.28. The van der Waals surface area contributed by atoms with E-state index in [4.69, 9.17) is 21.1 Å². The lowest BCUT2D eigenvalue weighted by Gasteiger charge is -2.58. The molecule has 8 heteroatoms. The number of carboxylic acids is 1. The third-order valence-electron chi connectivity index (χ3n) is 10.6. The minimum atomic E-state index is -1.42. The van der Waals surface area contributed by atoms with Gasteiger partial charge in [0.2, 0.25) is 0 Å². The van der Waals surface area contributed by atoms with E-state index in [2.05, 4.69) is 19.6 Å². The highest BCUT2D eigenvalue weighted by atomic mass is 35.5. The van der Waals surface area contributed by atoms with Crippen LogP contribution in [0, 0.1) is 45.8 Å². The molecule has 4 fully saturated rings. The first-order valence-corrected chi connectivity index (χ1v) is 14.2. The van der Waals surface area contributed by atoms with Crippen LogP contribution in [0.1, 0.15) is 53.4 Å². The van der Waals surface area contributed by atoms with Crippen molar-refractivity contribution in [2.24, 2.45) is 45.8 Å². The van der Waals surface area contributed by atoms with Gasteiger partial charge in [-0.25, -0.2) is 4.39 Å². The fraction of sp³-hybridized carbons (Fsp3) is 0.793. The van der Waals surface area contributed by atoms with Crippen molar-refractivity contribution in [2.45, 2.75) is 71.9 Å². The molecule has 5 rings (SSSR count).